The van der Waals surface area contributed by atoms with Gasteiger partial charge in [0, 0.05) is 11.8 Å². The number of ether oxygens (including phenoxy) is 1. The minimum Gasteiger partial charge on any atom is -0.497 e. The van der Waals surface area contributed by atoms with Crippen molar-refractivity contribution in [2.45, 2.75) is 0 Å². The normalized spacial score (nSPS) is 9.93. The zero-order valence-electron chi connectivity index (χ0n) is 8.23. The molecular weight excluding hydrogens is 192 g/mol. The van der Waals surface area contributed by atoms with Crippen molar-refractivity contribution in [1.82, 2.24) is 10.2 Å². The van der Waals surface area contributed by atoms with Crippen LogP contribution in [0.25, 0.3) is 0 Å². The van der Waals surface area contributed by atoms with Crippen LogP contribution in [0.2, 0.25) is 0 Å². The smallest absolute Gasteiger partial charge is 0.210 e. The molecule has 0 aliphatic carbocycles. The maximum Gasteiger partial charge on any atom is 0.210 e. The first-order valence-corrected chi connectivity index (χ1v) is 4.49. The molecule has 2 aromatic rings. The molecule has 0 aliphatic heterocycles. The molecule has 0 radical (unpaired) electrons. The molecule has 1 N–H and O–H groups in total. The van der Waals surface area contributed by atoms with Crippen LogP contribution in [0.1, 0.15) is 16.1 Å². The van der Waals surface area contributed by atoms with E-state index >= 15 is 0 Å². The zero-order valence-corrected chi connectivity index (χ0v) is 8.23. The second-order valence-corrected chi connectivity index (χ2v) is 3.03. The Bertz CT molecular complexity index is 446. The molecule has 4 heteroatoms. The monoisotopic (exact) mass is 202 g/mol. The SMILES string of the molecule is COc1ccc(C(=O)c2ccn[nH]2)cc1. The van der Waals surface area contributed by atoms with E-state index in [1.807, 2.05) is 0 Å². The average Bonchev–Trinajstić information content (AvgIpc) is 2.82. The minimum atomic E-state index is -0.0739. The molecule has 0 bridgehead atoms. The highest BCUT2D eigenvalue weighted by Crippen LogP contribution is 2.13. The lowest BCUT2D eigenvalue weighted by atomic mass is 10.1. The van der Waals surface area contributed by atoms with E-state index in [0.29, 0.717) is 11.3 Å². The van der Waals surface area contributed by atoms with E-state index in [9.17, 15) is 4.79 Å². The number of ketones is 1. The maximum atomic E-state index is 11.8. The number of H-pyrrole nitrogens is 1. The van der Waals surface area contributed by atoms with Crippen molar-refractivity contribution in [1.29, 1.82) is 0 Å². The fourth-order valence-electron chi connectivity index (χ4n) is 1.28. The Hall–Kier alpha value is -2.10. The van der Waals surface area contributed by atoms with Crippen LogP contribution in [0.4, 0.5) is 0 Å². The number of rotatable bonds is 3. The van der Waals surface area contributed by atoms with Gasteiger partial charge in [-0.15, -0.1) is 0 Å². The van der Waals surface area contributed by atoms with E-state index in [2.05, 4.69) is 10.2 Å². The fourth-order valence-corrected chi connectivity index (χ4v) is 1.28. The van der Waals surface area contributed by atoms with Gasteiger partial charge < -0.3 is 4.74 Å². The minimum absolute atomic E-state index is 0.0739. The molecule has 4 nitrogen and oxygen atoms in total. The van der Waals surface area contributed by atoms with Crippen molar-refractivity contribution in [3.8, 4) is 5.75 Å². The number of benzene rings is 1. The number of carbonyl (C=O) groups is 1. The molecule has 0 aliphatic rings. The largest absolute Gasteiger partial charge is 0.497 e. The topological polar surface area (TPSA) is 55.0 Å². The number of aromatic nitrogens is 2. The molecule has 0 spiro atoms. The summed E-state index contributed by atoms with van der Waals surface area (Å²) in [5.41, 5.74) is 1.10. The molecule has 15 heavy (non-hydrogen) atoms. The van der Waals surface area contributed by atoms with Gasteiger partial charge in [-0.05, 0) is 30.3 Å². The summed E-state index contributed by atoms with van der Waals surface area (Å²) in [7, 11) is 1.59. The number of carbonyl (C=O) groups excluding carboxylic acids is 1. The third kappa shape index (κ3) is 1.88. The lowest BCUT2D eigenvalue weighted by Gasteiger charge is -2.00. The van der Waals surface area contributed by atoms with Crippen LogP contribution in [0.15, 0.2) is 36.5 Å². The number of hydrogen-bond donors (Lipinski definition) is 1. The Balaban J connectivity index is 2.27. The third-order valence-corrected chi connectivity index (χ3v) is 2.10. The van der Waals surface area contributed by atoms with E-state index < -0.39 is 0 Å². The molecule has 0 saturated heterocycles. The predicted octanol–water partition coefficient (Wildman–Crippen LogP) is 1.65. The van der Waals surface area contributed by atoms with Crippen LogP contribution in [0, 0.1) is 0 Å². The predicted molar refractivity (Wildman–Crippen MR) is 55.0 cm³/mol. The summed E-state index contributed by atoms with van der Waals surface area (Å²) in [6, 6.07) is 8.60. The van der Waals surface area contributed by atoms with Crippen molar-refractivity contribution >= 4 is 5.78 Å². The summed E-state index contributed by atoms with van der Waals surface area (Å²) >= 11 is 0. The number of methoxy groups -OCH3 is 1. The summed E-state index contributed by atoms with van der Waals surface area (Å²) < 4.78 is 5.01. The molecule has 0 fully saturated rings. The van der Waals surface area contributed by atoms with Crippen LogP contribution in [-0.2, 0) is 0 Å². The molecule has 0 saturated carbocycles. The standard InChI is InChI=1S/C11H10N2O2/c1-15-9-4-2-8(3-5-9)11(14)10-6-7-12-13-10/h2-7H,1H3,(H,12,13). The van der Waals surface area contributed by atoms with Crippen molar-refractivity contribution in [2.24, 2.45) is 0 Å². The molecule has 1 aromatic carbocycles. The van der Waals surface area contributed by atoms with E-state index in [1.54, 1.807) is 43.6 Å². The molecule has 2 rings (SSSR count). The first kappa shape index (κ1) is 9.45. The molecule has 0 unspecified atom stereocenters. The first-order chi connectivity index (χ1) is 7.31. The quantitative estimate of drug-likeness (QED) is 0.770. The van der Waals surface area contributed by atoms with Gasteiger partial charge in [0.2, 0.25) is 5.78 Å². The number of hydrogen-bond acceptors (Lipinski definition) is 3. The molecule has 1 aromatic heterocycles. The van der Waals surface area contributed by atoms with Crippen molar-refractivity contribution in [3.05, 3.63) is 47.8 Å². The summed E-state index contributed by atoms with van der Waals surface area (Å²) in [5.74, 6) is 0.659. The van der Waals surface area contributed by atoms with Gasteiger partial charge in [-0.25, -0.2) is 0 Å². The third-order valence-electron chi connectivity index (χ3n) is 2.10. The fraction of sp³-hybridized carbons (Fsp3) is 0.0909. The number of nitrogens with one attached hydrogen (secondary N) is 1. The van der Waals surface area contributed by atoms with E-state index in [-0.39, 0.29) is 5.78 Å². The Kier molecular flexibility index (Phi) is 2.49. The summed E-state index contributed by atoms with van der Waals surface area (Å²) in [6.45, 7) is 0. The van der Waals surface area contributed by atoms with E-state index in [1.165, 1.54) is 0 Å². The van der Waals surface area contributed by atoms with Crippen molar-refractivity contribution in [3.63, 3.8) is 0 Å². The highest BCUT2D eigenvalue weighted by atomic mass is 16.5. The Morgan fingerprint density at radius 1 is 1.27 bits per heavy atom. The molecule has 76 valence electrons. The molecule has 0 amide bonds. The Labute approximate surface area is 86.9 Å². The molecular formula is C11H10N2O2. The van der Waals surface area contributed by atoms with Crippen LogP contribution in [0.3, 0.4) is 0 Å². The van der Waals surface area contributed by atoms with Gasteiger partial charge in [0.25, 0.3) is 0 Å². The van der Waals surface area contributed by atoms with Gasteiger partial charge >= 0.3 is 0 Å². The van der Waals surface area contributed by atoms with Gasteiger partial charge in [0.15, 0.2) is 0 Å². The summed E-state index contributed by atoms with van der Waals surface area (Å²) in [4.78, 5) is 11.8. The van der Waals surface area contributed by atoms with Crippen LogP contribution in [-0.4, -0.2) is 23.1 Å². The van der Waals surface area contributed by atoms with Gasteiger partial charge in [0.1, 0.15) is 11.4 Å². The number of nitrogens with zero attached hydrogens (tertiary/aromatic N) is 1. The molecule has 0 atom stereocenters. The van der Waals surface area contributed by atoms with Crippen molar-refractivity contribution < 1.29 is 9.53 Å². The van der Waals surface area contributed by atoms with Crippen molar-refractivity contribution in [2.75, 3.05) is 7.11 Å². The summed E-state index contributed by atoms with van der Waals surface area (Å²) in [5, 5.41) is 6.37. The molecule has 1 heterocycles. The van der Waals surface area contributed by atoms with Crippen LogP contribution < -0.4 is 4.74 Å². The van der Waals surface area contributed by atoms with Gasteiger partial charge in [-0.1, -0.05) is 0 Å². The first-order valence-electron chi connectivity index (χ1n) is 4.49. The maximum absolute atomic E-state index is 11.8. The lowest BCUT2D eigenvalue weighted by molar-refractivity contribution is 0.103. The summed E-state index contributed by atoms with van der Waals surface area (Å²) in [6.07, 6.45) is 1.55. The van der Waals surface area contributed by atoms with E-state index in [4.69, 9.17) is 4.74 Å². The average molecular weight is 202 g/mol. The van der Waals surface area contributed by atoms with Gasteiger partial charge in [0.05, 0.1) is 7.11 Å². The second kappa shape index (κ2) is 3.96. The van der Waals surface area contributed by atoms with Gasteiger partial charge in [-0.3, -0.25) is 9.89 Å². The Morgan fingerprint density at radius 3 is 2.53 bits per heavy atom. The van der Waals surface area contributed by atoms with Crippen LogP contribution in [0.5, 0.6) is 5.75 Å². The van der Waals surface area contributed by atoms with Gasteiger partial charge in [-0.2, -0.15) is 5.10 Å². The number of aromatic amines is 1. The second-order valence-electron chi connectivity index (χ2n) is 3.03. The lowest BCUT2D eigenvalue weighted by Crippen LogP contribution is -2.01. The van der Waals surface area contributed by atoms with Crippen LogP contribution >= 0.6 is 0 Å². The highest BCUT2D eigenvalue weighted by Gasteiger charge is 2.09. The zero-order chi connectivity index (χ0) is 10.7. The highest BCUT2D eigenvalue weighted by molar-refractivity contribution is 6.07. The Morgan fingerprint density at radius 2 is 2.00 bits per heavy atom. The van der Waals surface area contributed by atoms with E-state index in [0.717, 1.165) is 5.75 Å².